The highest BCUT2D eigenvalue weighted by molar-refractivity contribution is 5.69. The summed E-state index contributed by atoms with van der Waals surface area (Å²) < 4.78 is 1.86. The van der Waals surface area contributed by atoms with Gasteiger partial charge in [0.1, 0.15) is 0 Å². The van der Waals surface area contributed by atoms with Gasteiger partial charge in [-0.2, -0.15) is 5.10 Å². The molecule has 19 heavy (non-hydrogen) atoms. The van der Waals surface area contributed by atoms with E-state index in [9.17, 15) is 0 Å². The maximum absolute atomic E-state index is 4.26. The van der Waals surface area contributed by atoms with E-state index in [-0.39, 0.29) is 0 Å². The highest BCUT2D eigenvalue weighted by Gasteiger charge is 2.21. The molecular formula is C16H21N3. The van der Waals surface area contributed by atoms with Gasteiger partial charge < -0.3 is 4.90 Å². The number of hydrogen-bond acceptors (Lipinski definition) is 2. The van der Waals surface area contributed by atoms with E-state index in [1.54, 1.807) is 0 Å². The second-order valence-corrected chi connectivity index (χ2v) is 5.45. The van der Waals surface area contributed by atoms with Crippen LogP contribution in [0.5, 0.6) is 0 Å². The summed E-state index contributed by atoms with van der Waals surface area (Å²) in [5.41, 5.74) is 5.37. The Morgan fingerprint density at radius 2 is 2.16 bits per heavy atom. The van der Waals surface area contributed by atoms with Crippen molar-refractivity contribution in [2.45, 2.75) is 26.2 Å². The lowest BCUT2D eigenvalue weighted by atomic mass is 9.89. The first-order valence-corrected chi connectivity index (χ1v) is 7.07. The van der Waals surface area contributed by atoms with Gasteiger partial charge in [0.15, 0.2) is 0 Å². The summed E-state index contributed by atoms with van der Waals surface area (Å²) in [5.74, 6) is 0.648. The van der Waals surface area contributed by atoms with Crippen molar-refractivity contribution in [3.63, 3.8) is 0 Å². The minimum Gasteiger partial charge on any atom is -0.372 e. The van der Waals surface area contributed by atoms with Gasteiger partial charge in [-0.1, -0.05) is 13.0 Å². The van der Waals surface area contributed by atoms with Gasteiger partial charge in [0, 0.05) is 37.6 Å². The molecule has 1 aliphatic rings. The van der Waals surface area contributed by atoms with E-state index in [2.05, 4.69) is 48.2 Å². The fourth-order valence-corrected chi connectivity index (χ4v) is 2.94. The number of hydrogen-bond donors (Lipinski definition) is 0. The van der Waals surface area contributed by atoms with E-state index in [1.807, 2.05) is 17.9 Å². The largest absolute Gasteiger partial charge is 0.372 e. The maximum atomic E-state index is 4.26. The number of anilines is 1. The molecular weight excluding hydrogens is 234 g/mol. The first-order valence-electron chi connectivity index (χ1n) is 7.07. The van der Waals surface area contributed by atoms with Crippen molar-refractivity contribution in [3.8, 4) is 11.1 Å². The Morgan fingerprint density at radius 3 is 2.84 bits per heavy atom. The third kappa shape index (κ3) is 2.14. The van der Waals surface area contributed by atoms with Crippen molar-refractivity contribution in [1.29, 1.82) is 0 Å². The average molecular weight is 255 g/mol. The lowest BCUT2D eigenvalue weighted by Gasteiger charge is -2.34. The molecule has 0 fully saturated rings. The van der Waals surface area contributed by atoms with Crippen LogP contribution >= 0.6 is 0 Å². The minimum atomic E-state index is 0.648. The minimum absolute atomic E-state index is 0.648. The molecule has 2 heterocycles. The lowest BCUT2D eigenvalue weighted by Crippen LogP contribution is -2.30. The maximum Gasteiger partial charge on any atom is 0.0568 e. The Bertz CT molecular complexity index is 585. The lowest BCUT2D eigenvalue weighted by molar-refractivity contribution is 0.619. The normalized spacial score (nSPS) is 18.5. The molecule has 0 saturated heterocycles. The van der Waals surface area contributed by atoms with Crippen molar-refractivity contribution in [2.24, 2.45) is 7.05 Å². The summed E-state index contributed by atoms with van der Waals surface area (Å²) in [6.45, 7) is 6.83. The van der Waals surface area contributed by atoms with Crippen LogP contribution in [0.3, 0.4) is 0 Å². The Kier molecular flexibility index (Phi) is 3.05. The van der Waals surface area contributed by atoms with Crippen LogP contribution in [0.1, 0.15) is 31.7 Å². The highest BCUT2D eigenvalue weighted by Crippen LogP contribution is 2.37. The molecule has 1 aromatic heterocycles. The fraction of sp³-hybridized carbons (Fsp3) is 0.438. The molecule has 1 atom stereocenters. The molecule has 3 rings (SSSR count). The third-order valence-corrected chi connectivity index (χ3v) is 4.15. The number of nitrogens with zero attached hydrogens (tertiary/aromatic N) is 3. The molecule has 3 nitrogen and oxygen atoms in total. The topological polar surface area (TPSA) is 21.1 Å². The molecule has 0 saturated carbocycles. The molecule has 100 valence electrons. The molecule has 0 radical (unpaired) electrons. The molecule has 0 unspecified atom stereocenters. The van der Waals surface area contributed by atoms with E-state index < -0.39 is 0 Å². The van der Waals surface area contributed by atoms with Crippen LogP contribution in [0.2, 0.25) is 0 Å². The summed E-state index contributed by atoms with van der Waals surface area (Å²) in [7, 11) is 1.96. The van der Waals surface area contributed by atoms with Gasteiger partial charge in [-0.25, -0.2) is 0 Å². The molecule has 0 N–H and O–H groups in total. The summed E-state index contributed by atoms with van der Waals surface area (Å²) >= 11 is 0. The molecule has 3 heteroatoms. The van der Waals surface area contributed by atoms with Gasteiger partial charge in [-0.15, -0.1) is 0 Å². The molecule has 0 aliphatic carbocycles. The standard InChI is InChI=1S/C16H21N3/c1-4-19-8-7-12(2)15-9-13(5-6-16(15)19)14-10-17-18(3)11-14/h5-6,9-12H,4,7-8H2,1-3H3/t12-/m0/s1. The molecule has 0 amide bonds. The molecule has 2 aromatic rings. The van der Waals surface area contributed by atoms with Crippen LogP contribution in [0.15, 0.2) is 30.6 Å². The quantitative estimate of drug-likeness (QED) is 0.820. The number of aryl methyl sites for hydroxylation is 1. The number of fused-ring (bicyclic) bond motifs is 1. The predicted octanol–water partition coefficient (Wildman–Crippen LogP) is 3.42. The number of benzene rings is 1. The first-order chi connectivity index (χ1) is 9.19. The van der Waals surface area contributed by atoms with Gasteiger partial charge >= 0.3 is 0 Å². The van der Waals surface area contributed by atoms with Crippen molar-refractivity contribution in [2.75, 3.05) is 18.0 Å². The molecule has 0 bridgehead atoms. The summed E-state index contributed by atoms with van der Waals surface area (Å²) in [6, 6.07) is 6.84. The van der Waals surface area contributed by atoms with E-state index in [0.29, 0.717) is 5.92 Å². The van der Waals surface area contributed by atoms with Gasteiger partial charge in [-0.3, -0.25) is 4.68 Å². The van der Waals surface area contributed by atoms with Crippen molar-refractivity contribution in [1.82, 2.24) is 9.78 Å². The zero-order valence-electron chi connectivity index (χ0n) is 11.9. The second-order valence-electron chi connectivity index (χ2n) is 5.45. The Hall–Kier alpha value is -1.77. The zero-order valence-corrected chi connectivity index (χ0v) is 11.9. The second kappa shape index (κ2) is 4.72. The van der Waals surface area contributed by atoms with Crippen LogP contribution in [-0.4, -0.2) is 22.9 Å². The van der Waals surface area contributed by atoms with Crippen LogP contribution < -0.4 is 4.90 Å². The van der Waals surface area contributed by atoms with Crippen molar-refractivity contribution >= 4 is 5.69 Å². The molecule has 1 aromatic carbocycles. The van der Waals surface area contributed by atoms with E-state index in [4.69, 9.17) is 0 Å². The van der Waals surface area contributed by atoms with Crippen LogP contribution in [0.25, 0.3) is 11.1 Å². The van der Waals surface area contributed by atoms with E-state index in [0.717, 1.165) is 6.54 Å². The SMILES string of the molecule is CCN1CC[C@H](C)c2cc(-c3cnn(C)c3)ccc21. The summed E-state index contributed by atoms with van der Waals surface area (Å²) in [4.78, 5) is 2.47. The van der Waals surface area contributed by atoms with Crippen LogP contribution in [0.4, 0.5) is 5.69 Å². The fourth-order valence-electron chi connectivity index (χ4n) is 2.94. The number of rotatable bonds is 2. The smallest absolute Gasteiger partial charge is 0.0568 e. The van der Waals surface area contributed by atoms with Crippen LogP contribution in [0, 0.1) is 0 Å². The monoisotopic (exact) mass is 255 g/mol. The summed E-state index contributed by atoms with van der Waals surface area (Å²) in [6.07, 6.45) is 5.26. The van der Waals surface area contributed by atoms with E-state index >= 15 is 0 Å². The van der Waals surface area contributed by atoms with Gasteiger partial charge in [0.05, 0.1) is 6.20 Å². The average Bonchev–Trinajstić information content (AvgIpc) is 2.86. The van der Waals surface area contributed by atoms with Crippen molar-refractivity contribution < 1.29 is 0 Å². The van der Waals surface area contributed by atoms with Gasteiger partial charge in [0.2, 0.25) is 0 Å². The van der Waals surface area contributed by atoms with E-state index in [1.165, 1.54) is 35.3 Å². The first kappa shape index (κ1) is 12.3. The van der Waals surface area contributed by atoms with Crippen LogP contribution in [-0.2, 0) is 7.05 Å². The van der Waals surface area contributed by atoms with Crippen molar-refractivity contribution in [3.05, 3.63) is 36.2 Å². The predicted molar refractivity (Wildman–Crippen MR) is 79.6 cm³/mol. The van der Waals surface area contributed by atoms with Gasteiger partial charge in [-0.05, 0) is 42.5 Å². The highest BCUT2D eigenvalue weighted by atomic mass is 15.2. The zero-order chi connectivity index (χ0) is 13.4. The Morgan fingerprint density at radius 1 is 1.32 bits per heavy atom. The number of aromatic nitrogens is 2. The molecule has 0 spiro atoms. The Labute approximate surface area is 114 Å². The summed E-state index contributed by atoms with van der Waals surface area (Å²) in [5, 5.41) is 4.26. The Balaban J connectivity index is 2.05. The van der Waals surface area contributed by atoms with Gasteiger partial charge in [0.25, 0.3) is 0 Å². The molecule has 1 aliphatic heterocycles. The third-order valence-electron chi connectivity index (χ3n) is 4.15.